The molecule has 2 rings (SSSR count). The molecule has 0 bridgehead atoms. The van der Waals surface area contributed by atoms with Crippen LogP contribution in [0.5, 0.6) is 5.75 Å². The number of benzene rings is 1. The number of carbonyl (C=O) groups excluding carboxylic acids is 2. The van der Waals surface area contributed by atoms with Gasteiger partial charge in [-0.15, -0.1) is 0 Å². The Morgan fingerprint density at radius 3 is 2.46 bits per heavy atom. The largest absolute Gasteiger partial charge is 0.507 e. The summed E-state index contributed by atoms with van der Waals surface area (Å²) in [4.78, 5) is 24.6. The Morgan fingerprint density at radius 2 is 1.83 bits per heavy atom. The van der Waals surface area contributed by atoms with Crippen LogP contribution in [0.15, 0.2) is 24.3 Å². The van der Waals surface area contributed by atoms with Crippen molar-refractivity contribution in [3.8, 4) is 5.75 Å². The number of para-hydroxylation sites is 1. The second-order valence-corrected chi connectivity index (χ2v) is 8.07. The number of hydrogen-bond acceptors (Lipinski definition) is 3. The van der Waals surface area contributed by atoms with Gasteiger partial charge in [0, 0.05) is 5.92 Å². The Labute approximate surface area is 143 Å². The Bertz CT molecular complexity index is 627. The molecule has 0 aliphatic heterocycles. The number of amides is 2. The number of phenolic OH excluding ortho intramolecular Hbond substituents is 1. The Balaban J connectivity index is 1.99. The molecule has 0 radical (unpaired) electrons. The molecule has 2 amide bonds. The fourth-order valence-corrected chi connectivity index (χ4v) is 4.04. The van der Waals surface area contributed by atoms with Crippen molar-refractivity contribution in [3.63, 3.8) is 0 Å². The maximum atomic E-state index is 12.5. The van der Waals surface area contributed by atoms with Crippen molar-refractivity contribution in [1.29, 1.82) is 0 Å². The molecule has 1 aromatic rings. The van der Waals surface area contributed by atoms with Gasteiger partial charge >= 0.3 is 0 Å². The minimum atomic E-state index is -0.519. The molecule has 2 atom stereocenters. The molecule has 5 heteroatoms. The summed E-state index contributed by atoms with van der Waals surface area (Å²) in [6.45, 7) is 8.78. The third-order valence-electron chi connectivity index (χ3n) is 5.12. The molecule has 0 saturated heterocycles. The average Bonchev–Trinajstić information content (AvgIpc) is 2.51. The molecular formula is C19H28N2O3. The van der Waals surface area contributed by atoms with Crippen molar-refractivity contribution in [2.75, 3.05) is 0 Å². The molecule has 1 aromatic carbocycles. The van der Waals surface area contributed by atoms with Gasteiger partial charge in [0.2, 0.25) is 5.91 Å². The minimum absolute atomic E-state index is 0.104. The van der Waals surface area contributed by atoms with Gasteiger partial charge in [0.15, 0.2) is 0 Å². The molecule has 132 valence electrons. The van der Waals surface area contributed by atoms with E-state index in [2.05, 4.69) is 38.5 Å². The average molecular weight is 332 g/mol. The number of aromatic hydroxyl groups is 1. The van der Waals surface area contributed by atoms with E-state index < -0.39 is 5.91 Å². The normalized spacial score (nSPS) is 25.8. The van der Waals surface area contributed by atoms with E-state index >= 15 is 0 Å². The summed E-state index contributed by atoms with van der Waals surface area (Å²) in [5.74, 6) is -0.911. The molecule has 1 fully saturated rings. The van der Waals surface area contributed by atoms with Crippen LogP contribution in [0.2, 0.25) is 0 Å². The first-order valence-electron chi connectivity index (χ1n) is 8.54. The zero-order chi connectivity index (χ0) is 18.0. The van der Waals surface area contributed by atoms with E-state index in [-0.39, 0.29) is 34.0 Å². The van der Waals surface area contributed by atoms with E-state index in [0.29, 0.717) is 0 Å². The van der Waals surface area contributed by atoms with Crippen LogP contribution in [0.25, 0.3) is 0 Å². The van der Waals surface area contributed by atoms with Crippen LogP contribution in [-0.4, -0.2) is 16.9 Å². The van der Waals surface area contributed by atoms with Crippen LogP contribution in [0.4, 0.5) is 0 Å². The van der Waals surface area contributed by atoms with Gasteiger partial charge in [0.25, 0.3) is 5.91 Å². The highest BCUT2D eigenvalue weighted by atomic mass is 16.3. The Kier molecular flexibility index (Phi) is 5.21. The van der Waals surface area contributed by atoms with Crippen molar-refractivity contribution in [2.45, 2.75) is 53.4 Å². The summed E-state index contributed by atoms with van der Waals surface area (Å²) in [6, 6.07) is 6.24. The van der Waals surface area contributed by atoms with Crippen molar-refractivity contribution >= 4 is 11.8 Å². The first-order chi connectivity index (χ1) is 11.2. The van der Waals surface area contributed by atoms with E-state index in [1.807, 2.05) is 0 Å². The summed E-state index contributed by atoms with van der Waals surface area (Å²) in [5, 5.41) is 9.69. The van der Waals surface area contributed by atoms with Crippen LogP contribution >= 0.6 is 0 Å². The molecule has 3 N–H and O–H groups in total. The number of rotatable bonds is 3. The maximum Gasteiger partial charge on any atom is 0.273 e. The molecule has 1 aliphatic rings. The molecule has 1 aliphatic carbocycles. The quantitative estimate of drug-likeness (QED) is 0.742. The topological polar surface area (TPSA) is 78.4 Å². The highest BCUT2D eigenvalue weighted by Gasteiger charge is 2.42. The first kappa shape index (κ1) is 18.3. The standard InChI is InChI=1S/C19H28N2O3/c1-5-19(4)11-13(10-18(2,3)12-19)16(23)20-21-17(24)14-8-6-7-9-15(14)22/h6-9,13,22H,5,10-12H2,1-4H3,(H,20,23)(H,21,24). The molecule has 0 heterocycles. The van der Waals surface area contributed by atoms with Gasteiger partial charge in [0.05, 0.1) is 5.56 Å². The number of hydrazine groups is 1. The van der Waals surface area contributed by atoms with Gasteiger partial charge < -0.3 is 5.11 Å². The lowest BCUT2D eigenvalue weighted by atomic mass is 9.59. The molecule has 24 heavy (non-hydrogen) atoms. The number of phenols is 1. The third-order valence-corrected chi connectivity index (χ3v) is 5.12. The van der Waals surface area contributed by atoms with Gasteiger partial charge in [-0.25, -0.2) is 0 Å². The molecule has 1 saturated carbocycles. The molecule has 0 spiro atoms. The van der Waals surface area contributed by atoms with Crippen LogP contribution in [0.1, 0.15) is 63.7 Å². The summed E-state index contributed by atoms with van der Waals surface area (Å²) in [7, 11) is 0. The fraction of sp³-hybridized carbons (Fsp3) is 0.579. The van der Waals surface area contributed by atoms with Crippen molar-refractivity contribution < 1.29 is 14.7 Å². The van der Waals surface area contributed by atoms with Crippen molar-refractivity contribution in [3.05, 3.63) is 29.8 Å². The van der Waals surface area contributed by atoms with Crippen molar-refractivity contribution in [2.24, 2.45) is 16.7 Å². The second-order valence-electron chi connectivity index (χ2n) is 8.07. The SMILES string of the molecule is CCC1(C)CC(C(=O)NNC(=O)c2ccccc2O)CC(C)(C)C1. The summed E-state index contributed by atoms with van der Waals surface area (Å²) in [5.41, 5.74) is 5.33. The van der Waals surface area contributed by atoms with Crippen LogP contribution in [0, 0.1) is 16.7 Å². The molecule has 2 unspecified atom stereocenters. The highest BCUT2D eigenvalue weighted by Crippen LogP contribution is 2.50. The van der Waals surface area contributed by atoms with Gasteiger partial charge in [-0.2, -0.15) is 0 Å². The second kappa shape index (κ2) is 6.83. The van der Waals surface area contributed by atoms with Gasteiger partial charge in [-0.05, 0) is 42.2 Å². The van der Waals surface area contributed by atoms with Gasteiger partial charge in [-0.1, -0.05) is 46.2 Å². The Morgan fingerprint density at radius 1 is 1.17 bits per heavy atom. The predicted octanol–water partition coefficient (Wildman–Crippen LogP) is 3.40. The molecule has 0 aromatic heterocycles. The zero-order valence-corrected chi connectivity index (χ0v) is 15.0. The predicted molar refractivity (Wildman–Crippen MR) is 93.2 cm³/mol. The lowest BCUT2D eigenvalue weighted by molar-refractivity contribution is -0.130. The lowest BCUT2D eigenvalue weighted by Gasteiger charge is -2.45. The monoisotopic (exact) mass is 332 g/mol. The van der Waals surface area contributed by atoms with Gasteiger partial charge in [0.1, 0.15) is 5.75 Å². The van der Waals surface area contributed by atoms with Crippen LogP contribution in [-0.2, 0) is 4.79 Å². The summed E-state index contributed by atoms with van der Waals surface area (Å²) < 4.78 is 0. The van der Waals surface area contributed by atoms with E-state index in [1.54, 1.807) is 12.1 Å². The summed E-state index contributed by atoms with van der Waals surface area (Å²) in [6.07, 6.45) is 3.76. The Hall–Kier alpha value is -2.04. The molecular weight excluding hydrogens is 304 g/mol. The van der Waals surface area contributed by atoms with E-state index in [4.69, 9.17) is 0 Å². The number of hydrogen-bond donors (Lipinski definition) is 3. The smallest absolute Gasteiger partial charge is 0.273 e. The third kappa shape index (κ3) is 4.28. The lowest BCUT2D eigenvalue weighted by Crippen LogP contribution is -2.48. The minimum Gasteiger partial charge on any atom is -0.507 e. The maximum absolute atomic E-state index is 12.5. The summed E-state index contributed by atoms with van der Waals surface area (Å²) >= 11 is 0. The van der Waals surface area contributed by atoms with E-state index in [1.165, 1.54) is 12.1 Å². The number of nitrogens with one attached hydrogen (secondary N) is 2. The van der Waals surface area contributed by atoms with Crippen LogP contribution in [0.3, 0.4) is 0 Å². The highest BCUT2D eigenvalue weighted by molar-refractivity contribution is 5.97. The van der Waals surface area contributed by atoms with E-state index in [0.717, 1.165) is 25.7 Å². The van der Waals surface area contributed by atoms with Crippen LogP contribution < -0.4 is 10.9 Å². The van der Waals surface area contributed by atoms with Crippen molar-refractivity contribution in [1.82, 2.24) is 10.9 Å². The number of carbonyl (C=O) groups is 2. The fourth-order valence-electron chi connectivity index (χ4n) is 4.04. The van der Waals surface area contributed by atoms with Gasteiger partial charge in [-0.3, -0.25) is 20.4 Å². The zero-order valence-electron chi connectivity index (χ0n) is 15.0. The van der Waals surface area contributed by atoms with E-state index in [9.17, 15) is 14.7 Å². The first-order valence-corrected chi connectivity index (χ1v) is 8.54. The molecule has 5 nitrogen and oxygen atoms in total.